The molecule has 0 aliphatic heterocycles. The molecule has 27 heavy (non-hydrogen) atoms. The molecule has 0 aliphatic carbocycles. The van der Waals surface area contributed by atoms with Crippen molar-refractivity contribution < 1.29 is 17.4 Å². The Morgan fingerprint density at radius 2 is 1.44 bits per heavy atom. The zero-order valence-electron chi connectivity index (χ0n) is 13.9. The summed E-state index contributed by atoms with van der Waals surface area (Å²) in [6.45, 7) is 0. The van der Waals surface area contributed by atoms with Crippen LogP contribution in [0.25, 0.3) is 0 Å². The zero-order chi connectivity index (χ0) is 19.3. The maximum atomic E-state index is 12.4. The van der Waals surface area contributed by atoms with Crippen LogP contribution in [0.4, 0.5) is 16.2 Å². The van der Waals surface area contributed by atoms with Crippen molar-refractivity contribution in [3.63, 3.8) is 0 Å². The van der Waals surface area contributed by atoms with Crippen LogP contribution in [-0.4, -0.2) is 14.4 Å². The van der Waals surface area contributed by atoms with Gasteiger partial charge < -0.3 is 14.8 Å². The molecule has 2 amide bonds. The van der Waals surface area contributed by atoms with Crippen LogP contribution in [0.15, 0.2) is 83.8 Å². The number of halogens is 1. The van der Waals surface area contributed by atoms with Crippen molar-refractivity contribution in [3.8, 4) is 5.75 Å². The van der Waals surface area contributed by atoms with Gasteiger partial charge in [0.25, 0.3) is 0 Å². The van der Waals surface area contributed by atoms with Gasteiger partial charge in [-0.25, -0.2) is 4.79 Å². The van der Waals surface area contributed by atoms with Crippen molar-refractivity contribution in [2.24, 2.45) is 0 Å². The van der Waals surface area contributed by atoms with Crippen LogP contribution in [0.3, 0.4) is 0 Å². The quantitative estimate of drug-likeness (QED) is 0.603. The number of hydrogen-bond donors (Lipinski definition) is 2. The maximum Gasteiger partial charge on any atom is 0.339 e. The third-order valence-corrected chi connectivity index (χ3v) is 4.97. The summed E-state index contributed by atoms with van der Waals surface area (Å²) in [6.07, 6.45) is 0. The summed E-state index contributed by atoms with van der Waals surface area (Å²) >= 11 is 5.78. The van der Waals surface area contributed by atoms with E-state index in [4.69, 9.17) is 15.8 Å². The Morgan fingerprint density at radius 3 is 2.15 bits per heavy atom. The number of rotatable bonds is 5. The molecule has 0 aromatic heterocycles. The number of urea groups is 1. The monoisotopic (exact) mass is 402 g/mol. The van der Waals surface area contributed by atoms with Gasteiger partial charge in [0.1, 0.15) is 4.90 Å². The molecule has 0 heterocycles. The second kappa shape index (κ2) is 8.11. The standard InChI is InChI=1S/C19H15ClN2O4S/c20-14-10-12-16(13-11-14)27(24,25)26-18-9-5-4-8-17(18)22-19(23)21-15-6-2-1-3-7-15/h1-13H,(H2,21,22,23). The lowest BCUT2D eigenvalue weighted by molar-refractivity contribution is 0.262. The highest BCUT2D eigenvalue weighted by Gasteiger charge is 2.19. The van der Waals surface area contributed by atoms with Gasteiger partial charge in [-0.3, -0.25) is 0 Å². The fraction of sp³-hybridized carbons (Fsp3) is 0. The van der Waals surface area contributed by atoms with Crippen LogP contribution < -0.4 is 14.8 Å². The normalized spacial score (nSPS) is 10.9. The molecule has 3 aromatic carbocycles. The van der Waals surface area contributed by atoms with Crippen LogP contribution in [0.5, 0.6) is 5.75 Å². The molecule has 8 heteroatoms. The third-order valence-electron chi connectivity index (χ3n) is 3.47. The second-order valence-electron chi connectivity index (χ2n) is 5.43. The molecule has 3 rings (SSSR count). The Morgan fingerprint density at radius 1 is 0.815 bits per heavy atom. The number of hydrogen-bond acceptors (Lipinski definition) is 4. The van der Waals surface area contributed by atoms with Crippen molar-refractivity contribution >= 4 is 39.1 Å². The van der Waals surface area contributed by atoms with Crippen molar-refractivity contribution in [2.75, 3.05) is 10.6 Å². The first-order valence-electron chi connectivity index (χ1n) is 7.86. The molecule has 0 spiro atoms. The topological polar surface area (TPSA) is 84.5 Å². The van der Waals surface area contributed by atoms with Crippen molar-refractivity contribution in [1.29, 1.82) is 0 Å². The third kappa shape index (κ3) is 4.99. The average Bonchev–Trinajstić information content (AvgIpc) is 2.64. The van der Waals surface area contributed by atoms with Gasteiger partial charge in [-0.05, 0) is 48.5 Å². The highest BCUT2D eigenvalue weighted by Crippen LogP contribution is 2.28. The van der Waals surface area contributed by atoms with E-state index in [1.807, 2.05) is 6.07 Å². The zero-order valence-corrected chi connectivity index (χ0v) is 15.5. The molecular formula is C19H15ClN2O4S. The van der Waals surface area contributed by atoms with Gasteiger partial charge in [-0.2, -0.15) is 8.42 Å². The average molecular weight is 403 g/mol. The summed E-state index contributed by atoms with van der Waals surface area (Å²) in [6, 6.07) is 20.2. The molecule has 6 nitrogen and oxygen atoms in total. The number of para-hydroxylation sites is 3. The van der Waals surface area contributed by atoms with Gasteiger partial charge in [0, 0.05) is 10.7 Å². The smallest absolute Gasteiger partial charge is 0.339 e. The molecule has 2 N–H and O–H groups in total. The number of benzene rings is 3. The SMILES string of the molecule is O=C(Nc1ccccc1)Nc1ccccc1OS(=O)(=O)c1ccc(Cl)cc1. The highest BCUT2D eigenvalue weighted by atomic mass is 35.5. The lowest BCUT2D eigenvalue weighted by Gasteiger charge is -2.13. The van der Waals surface area contributed by atoms with E-state index in [1.54, 1.807) is 36.4 Å². The van der Waals surface area contributed by atoms with E-state index in [1.165, 1.54) is 36.4 Å². The summed E-state index contributed by atoms with van der Waals surface area (Å²) in [7, 11) is -4.08. The minimum Gasteiger partial charge on any atom is -0.377 e. The van der Waals surface area contributed by atoms with E-state index in [2.05, 4.69) is 10.6 Å². The number of carbonyl (C=O) groups is 1. The minimum atomic E-state index is -4.08. The van der Waals surface area contributed by atoms with E-state index in [0.717, 1.165) is 0 Å². The highest BCUT2D eigenvalue weighted by molar-refractivity contribution is 7.87. The van der Waals surface area contributed by atoms with Gasteiger partial charge in [-0.15, -0.1) is 0 Å². The van der Waals surface area contributed by atoms with Crippen LogP contribution >= 0.6 is 11.6 Å². The summed E-state index contributed by atoms with van der Waals surface area (Å²) in [5.74, 6) is -0.00402. The van der Waals surface area contributed by atoms with Gasteiger partial charge >= 0.3 is 16.1 Å². The predicted molar refractivity (Wildman–Crippen MR) is 105 cm³/mol. The number of amides is 2. The van der Waals surface area contributed by atoms with Crippen LogP contribution in [0, 0.1) is 0 Å². The Kier molecular flexibility index (Phi) is 5.63. The summed E-state index contributed by atoms with van der Waals surface area (Å²) in [5.41, 5.74) is 0.811. The Balaban J connectivity index is 1.77. The van der Waals surface area contributed by atoms with Gasteiger partial charge in [0.05, 0.1) is 5.69 Å². The molecule has 0 fully saturated rings. The van der Waals surface area contributed by atoms with Crippen LogP contribution in [0.1, 0.15) is 0 Å². The van der Waals surface area contributed by atoms with Gasteiger partial charge in [0.15, 0.2) is 5.75 Å². The van der Waals surface area contributed by atoms with Gasteiger partial charge in [0.2, 0.25) is 0 Å². The summed E-state index contributed by atoms with van der Waals surface area (Å²) < 4.78 is 30.1. The summed E-state index contributed by atoms with van der Waals surface area (Å²) in [4.78, 5) is 12.1. The molecule has 0 atom stereocenters. The molecule has 0 radical (unpaired) electrons. The van der Waals surface area contributed by atoms with Crippen molar-refractivity contribution in [1.82, 2.24) is 0 Å². The molecule has 0 aliphatic rings. The summed E-state index contributed by atoms with van der Waals surface area (Å²) in [5, 5.41) is 5.64. The Labute approximate surface area is 161 Å². The van der Waals surface area contributed by atoms with Crippen LogP contribution in [0.2, 0.25) is 5.02 Å². The first-order valence-corrected chi connectivity index (χ1v) is 9.65. The molecular weight excluding hydrogens is 388 g/mol. The largest absolute Gasteiger partial charge is 0.377 e. The van der Waals surface area contributed by atoms with E-state index < -0.39 is 16.1 Å². The lowest BCUT2D eigenvalue weighted by atomic mass is 10.3. The fourth-order valence-corrected chi connectivity index (χ4v) is 3.29. The number of carbonyl (C=O) groups excluding carboxylic acids is 1. The first-order chi connectivity index (χ1) is 12.9. The maximum absolute atomic E-state index is 12.4. The Bertz CT molecular complexity index is 1040. The molecule has 0 unspecified atom stereocenters. The fourth-order valence-electron chi connectivity index (χ4n) is 2.22. The molecule has 0 saturated heterocycles. The van der Waals surface area contributed by atoms with E-state index in [-0.39, 0.29) is 16.3 Å². The molecule has 3 aromatic rings. The van der Waals surface area contributed by atoms with Gasteiger partial charge in [-0.1, -0.05) is 41.9 Å². The second-order valence-corrected chi connectivity index (χ2v) is 7.42. The van der Waals surface area contributed by atoms with Crippen molar-refractivity contribution in [2.45, 2.75) is 4.90 Å². The number of nitrogens with one attached hydrogen (secondary N) is 2. The molecule has 0 bridgehead atoms. The van der Waals surface area contributed by atoms with E-state index in [0.29, 0.717) is 10.7 Å². The van der Waals surface area contributed by atoms with Crippen LogP contribution in [-0.2, 0) is 10.1 Å². The predicted octanol–water partition coefficient (Wildman–Crippen LogP) is 4.75. The first kappa shape index (κ1) is 18.8. The van der Waals surface area contributed by atoms with E-state index >= 15 is 0 Å². The lowest BCUT2D eigenvalue weighted by Crippen LogP contribution is -2.20. The molecule has 138 valence electrons. The number of anilines is 2. The molecule has 0 saturated carbocycles. The van der Waals surface area contributed by atoms with Crippen molar-refractivity contribution in [3.05, 3.63) is 83.9 Å². The Hall–Kier alpha value is -3.03. The van der Waals surface area contributed by atoms with E-state index in [9.17, 15) is 13.2 Å². The minimum absolute atomic E-state index is 0.00402.